The van der Waals surface area contributed by atoms with Crippen LogP contribution in [0.2, 0.25) is 0 Å². The van der Waals surface area contributed by atoms with Crippen molar-refractivity contribution in [2.45, 2.75) is 0 Å². The van der Waals surface area contributed by atoms with Gasteiger partial charge in [0.2, 0.25) is 0 Å². The lowest BCUT2D eigenvalue weighted by Crippen LogP contribution is -2.44. The number of nitrogens with one attached hydrogen (secondary N) is 1. The number of rotatable bonds is 4. The second-order valence-corrected chi connectivity index (χ2v) is 7.64. The lowest BCUT2D eigenvalue weighted by Gasteiger charge is -2.15. The molecule has 0 spiro atoms. The number of hydrogen-bond donors (Lipinski definition) is 1. The van der Waals surface area contributed by atoms with Gasteiger partial charge in [0.05, 0.1) is 23.3 Å². The van der Waals surface area contributed by atoms with E-state index in [1.807, 2.05) is 30.3 Å². The zero-order chi connectivity index (χ0) is 20.4. The highest BCUT2D eigenvalue weighted by Crippen LogP contribution is 2.32. The Hall–Kier alpha value is -3.30. The van der Waals surface area contributed by atoms with E-state index in [9.17, 15) is 9.59 Å². The van der Waals surface area contributed by atoms with E-state index in [1.54, 1.807) is 31.5 Å². The van der Waals surface area contributed by atoms with Crippen LogP contribution in [0.1, 0.15) is 16.1 Å². The van der Waals surface area contributed by atoms with E-state index in [0.717, 1.165) is 22.2 Å². The molecule has 2 amide bonds. The summed E-state index contributed by atoms with van der Waals surface area (Å²) in [5.74, 6) is -0.239. The molecular formula is C20H14N4O3S2. The highest BCUT2D eigenvalue weighted by atomic mass is 32.2. The lowest BCUT2D eigenvalue weighted by atomic mass is 10.2. The van der Waals surface area contributed by atoms with E-state index in [4.69, 9.17) is 17.0 Å². The van der Waals surface area contributed by atoms with E-state index in [1.165, 1.54) is 6.20 Å². The molecule has 144 valence electrons. The van der Waals surface area contributed by atoms with Gasteiger partial charge in [-0.2, -0.15) is 5.01 Å². The molecule has 29 heavy (non-hydrogen) atoms. The molecule has 1 aliphatic rings. The summed E-state index contributed by atoms with van der Waals surface area (Å²) in [5.41, 5.74) is 4.13. The van der Waals surface area contributed by atoms with Gasteiger partial charge < -0.3 is 4.74 Å². The summed E-state index contributed by atoms with van der Waals surface area (Å²) in [6.45, 7) is 0. The molecule has 2 aromatic heterocycles. The zero-order valence-electron chi connectivity index (χ0n) is 15.2. The smallest absolute Gasteiger partial charge is 0.285 e. The minimum absolute atomic E-state index is 0.233. The van der Waals surface area contributed by atoms with Gasteiger partial charge in [-0.1, -0.05) is 30.0 Å². The molecule has 1 fully saturated rings. The van der Waals surface area contributed by atoms with Crippen molar-refractivity contribution in [2.24, 2.45) is 0 Å². The average molecular weight is 422 g/mol. The van der Waals surface area contributed by atoms with Crippen LogP contribution in [0, 0.1) is 0 Å². The van der Waals surface area contributed by atoms with E-state index in [-0.39, 0.29) is 4.32 Å². The second-order valence-electron chi connectivity index (χ2n) is 5.97. The van der Waals surface area contributed by atoms with Crippen LogP contribution < -0.4 is 10.2 Å². The van der Waals surface area contributed by atoms with Crippen LogP contribution in [0.4, 0.5) is 0 Å². The van der Waals surface area contributed by atoms with Crippen molar-refractivity contribution in [1.82, 2.24) is 20.4 Å². The predicted octanol–water partition coefficient (Wildman–Crippen LogP) is 3.18. The summed E-state index contributed by atoms with van der Waals surface area (Å²) in [5, 5.41) is 1.99. The van der Waals surface area contributed by atoms with E-state index < -0.39 is 11.8 Å². The minimum Gasteiger partial charge on any atom is -0.494 e. The maximum atomic E-state index is 12.7. The Kier molecular flexibility index (Phi) is 5.24. The van der Waals surface area contributed by atoms with Crippen LogP contribution in [0.25, 0.3) is 17.0 Å². The van der Waals surface area contributed by atoms with Gasteiger partial charge in [0, 0.05) is 17.8 Å². The molecule has 3 heterocycles. The van der Waals surface area contributed by atoms with Gasteiger partial charge in [0.25, 0.3) is 11.8 Å². The number of fused-ring (bicyclic) bond motifs is 1. The molecule has 1 aromatic carbocycles. The van der Waals surface area contributed by atoms with Gasteiger partial charge in [-0.3, -0.25) is 20.0 Å². The van der Waals surface area contributed by atoms with Crippen molar-refractivity contribution in [1.29, 1.82) is 0 Å². The first-order chi connectivity index (χ1) is 14.1. The Bertz CT molecular complexity index is 1160. The van der Waals surface area contributed by atoms with Crippen molar-refractivity contribution < 1.29 is 14.3 Å². The van der Waals surface area contributed by atoms with Crippen molar-refractivity contribution >= 4 is 57.1 Å². The number of thiocarbonyl (C=S) groups is 1. The fourth-order valence-electron chi connectivity index (χ4n) is 2.74. The summed E-state index contributed by atoms with van der Waals surface area (Å²) >= 11 is 6.35. The lowest BCUT2D eigenvalue weighted by molar-refractivity contribution is -0.123. The van der Waals surface area contributed by atoms with Crippen molar-refractivity contribution in [3.8, 4) is 5.75 Å². The van der Waals surface area contributed by atoms with Gasteiger partial charge in [0.1, 0.15) is 11.3 Å². The monoisotopic (exact) mass is 422 g/mol. The Morgan fingerprint density at radius 1 is 1.24 bits per heavy atom. The number of ether oxygens (including phenoxy) is 1. The van der Waals surface area contributed by atoms with Crippen molar-refractivity contribution in [3.63, 3.8) is 0 Å². The third-order valence-electron chi connectivity index (χ3n) is 4.13. The number of carbonyl (C=O) groups excluding carboxylic acids is 2. The number of nitrogens with zero attached hydrogens (tertiary/aromatic N) is 3. The molecule has 0 atom stereocenters. The number of hydrogen-bond acceptors (Lipinski definition) is 7. The Balaban J connectivity index is 1.59. The van der Waals surface area contributed by atoms with E-state index in [0.29, 0.717) is 27.4 Å². The molecule has 7 nitrogen and oxygen atoms in total. The molecular weight excluding hydrogens is 408 g/mol. The SMILES string of the molecule is COc1cccc2ccc(C=C3SC(=S)N(NC(=O)c4cccnc4)C3=O)nc12. The van der Waals surface area contributed by atoms with Crippen LogP contribution in [-0.2, 0) is 4.79 Å². The summed E-state index contributed by atoms with van der Waals surface area (Å²) < 4.78 is 5.59. The number of benzene rings is 1. The fraction of sp³-hybridized carbons (Fsp3) is 0.0500. The normalized spacial score (nSPS) is 15.2. The van der Waals surface area contributed by atoms with Crippen LogP contribution in [0.15, 0.2) is 59.8 Å². The van der Waals surface area contributed by atoms with Gasteiger partial charge in [-0.05, 0) is 42.6 Å². The molecule has 9 heteroatoms. The number of amides is 2. The van der Waals surface area contributed by atoms with Gasteiger partial charge in [-0.25, -0.2) is 4.98 Å². The molecule has 1 saturated heterocycles. The second kappa shape index (κ2) is 7.98. The Morgan fingerprint density at radius 2 is 2.10 bits per heavy atom. The zero-order valence-corrected chi connectivity index (χ0v) is 16.8. The number of para-hydroxylation sites is 1. The number of hydrazine groups is 1. The molecule has 0 saturated carbocycles. The minimum atomic E-state index is -0.468. The molecule has 0 bridgehead atoms. The Labute approximate surface area is 175 Å². The topological polar surface area (TPSA) is 84.4 Å². The van der Waals surface area contributed by atoms with E-state index >= 15 is 0 Å². The van der Waals surface area contributed by atoms with Crippen LogP contribution in [-0.4, -0.2) is 38.2 Å². The average Bonchev–Trinajstić information content (AvgIpc) is 3.01. The molecule has 1 aliphatic heterocycles. The number of methoxy groups -OCH3 is 1. The molecule has 4 rings (SSSR count). The summed E-state index contributed by atoms with van der Waals surface area (Å²) in [7, 11) is 1.58. The highest BCUT2D eigenvalue weighted by Gasteiger charge is 2.34. The van der Waals surface area contributed by atoms with Crippen LogP contribution >= 0.6 is 24.0 Å². The maximum absolute atomic E-state index is 12.7. The summed E-state index contributed by atoms with van der Waals surface area (Å²) in [6, 6.07) is 12.6. The van der Waals surface area contributed by atoms with Crippen LogP contribution in [0.5, 0.6) is 5.75 Å². The third kappa shape index (κ3) is 3.82. The van der Waals surface area contributed by atoms with Crippen molar-refractivity contribution in [2.75, 3.05) is 7.11 Å². The predicted molar refractivity (Wildman–Crippen MR) is 115 cm³/mol. The standard InChI is InChI=1S/C20H14N4O3S2/c1-27-15-6-2-4-12-7-8-14(22-17(12)15)10-16-19(26)24(20(28)29-16)23-18(25)13-5-3-9-21-11-13/h2-11H,1H3,(H,23,25). The van der Waals surface area contributed by atoms with Crippen LogP contribution in [0.3, 0.4) is 0 Å². The summed E-state index contributed by atoms with van der Waals surface area (Å²) in [4.78, 5) is 33.9. The first kappa shape index (κ1) is 19.0. The molecule has 0 radical (unpaired) electrons. The van der Waals surface area contributed by atoms with Gasteiger partial charge >= 0.3 is 0 Å². The largest absolute Gasteiger partial charge is 0.494 e. The molecule has 0 aliphatic carbocycles. The van der Waals surface area contributed by atoms with Crippen molar-refractivity contribution in [3.05, 3.63) is 71.0 Å². The molecule has 0 unspecified atom stereocenters. The fourth-order valence-corrected chi connectivity index (χ4v) is 3.91. The number of thioether (sulfide) groups is 1. The summed E-state index contributed by atoms with van der Waals surface area (Å²) in [6.07, 6.45) is 4.61. The van der Waals surface area contributed by atoms with Gasteiger partial charge in [-0.15, -0.1) is 0 Å². The van der Waals surface area contributed by atoms with E-state index in [2.05, 4.69) is 15.4 Å². The highest BCUT2D eigenvalue weighted by molar-refractivity contribution is 8.26. The number of carbonyl (C=O) groups is 2. The third-order valence-corrected chi connectivity index (χ3v) is 5.44. The first-order valence-electron chi connectivity index (χ1n) is 8.49. The number of aromatic nitrogens is 2. The number of pyridine rings is 2. The molecule has 1 N–H and O–H groups in total. The first-order valence-corrected chi connectivity index (χ1v) is 9.72. The molecule has 3 aromatic rings. The van der Waals surface area contributed by atoms with Gasteiger partial charge in [0.15, 0.2) is 4.32 Å². The maximum Gasteiger partial charge on any atom is 0.285 e. The quantitative estimate of drug-likeness (QED) is 0.511. The Morgan fingerprint density at radius 3 is 2.86 bits per heavy atom.